The normalized spacial score (nSPS) is 24.1. The Kier molecular flexibility index (Phi) is 7.45. The number of anilines is 2. The number of aliphatic carboxylic acids is 1. The van der Waals surface area contributed by atoms with Gasteiger partial charge in [-0.25, -0.2) is 8.42 Å². The Morgan fingerprint density at radius 3 is 2.53 bits per heavy atom. The summed E-state index contributed by atoms with van der Waals surface area (Å²) in [6, 6.07) is 13.3. The third-order valence-corrected chi connectivity index (χ3v) is 9.50. The Morgan fingerprint density at radius 1 is 1.21 bits per heavy atom. The highest BCUT2D eigenvalue weighted by Crippen LogP contribution is 2.44. The van der Waals surface area contributed by atoms with Crippen molar-refractivity contribution in [3.63, 3.8) is 0 Å². The van der Waals surface area contributed by atoms with Gasteiger partial charge in [0, 0.05) is 31.4 Å². The predicted octanol–water partition coefficient (Wildman–Crippen LogP) is 4.98. The van der Waals surface area contributed by atoms with Crippen LogP contribution in [0.2, 0.25) is 0 Å². The number of rotatable bonds is 8. The van der Waals surface area contributed by atoms with Gasteiger partial charge in [-0.3, -0.25) is 4.79 Å². The molecule has 0 bridgehead atoms. The Balaban J connectivity index is 1.79. The molecule has 7 nitrogen and oxygen atoms in total. The second-order valence-corrected chi connectivity index (χ2v) is 11.8. The van der Waals surface area contributed by atoms with E-state index in [9.17, 15) is 18.3 Å². The second-order valence-electron chi connectivity index (χ2n) is 8.98. The average molecular weight is 505 g/mol. The maximum Gasteiger partial charge on any atom is 0.306 e. The van der Waals surface area contributed by atoms with Gasteiger partial charge in [-0.05, 0) is 43.7 Å². The first-order valence-corrected chi connectivity index (χ1v) is 14.3. The summed E-state index contributed by atoms with van der Waals surface area (Å²) in [5, 5.41) is 9.18. The van der Waals surface area contributed by atoms with Crippen LogP contribution >= 0.6 is 11.8 Å². The van der Waals surface area contributed by atoms with E-state index in [-0.39, 0.29) is 17.0 Å². The average Bonchev–Trinajstić information content (AvgIpc) is 2.87. The zero-order valence-corrected chi connectivity index (χ0v) is 21.4. The lowest BCUT2D eigenvalue weighted by atomic mass is 9.82. The fourth-order valence-electron chi connectivity index (χ4n) is 4.58. The number of nitrogens with zero attached hydrogens (tertiary/aromatic N) is 2. The zero-order chi connectivity index (χ0) is 24.5. The van der Waals surface area contributed by atoms with Gasteiger partial charge in [0.25, 0.3) is 0 Å². The van der Waals surface area contributed by atoms with Gasteiger partial charge in [0.05, 0.1) is 16.5 Å². The lowest BCUT2D eigenvalue weighted by Gasteiger charge is -2.33. The highest BCUT2D eigenvalue weighted by molar-refractivity contribution is 7.98. The molecule has 1 saturated carbocycles. The van der Waals surface area contributed by atoms with E-state index in [2.05, 4.69) is 11.8 Å². The number of likely N-dealkylation sites (N-methyl/N-ethyl adjacent to an activating group) is 1. The molecule has 4 rings (SSSR count). The van der Waals surface area contributed by atoms with Crippen LogP contribution in [-0.2, 0) is 14.8 Å². The predicted molar refractivity (Wildman–Crippen MR) is 135 cm³/mol. The molecule has 2 aromatic rings. The number of hydrogen-bond acceptors (Lipinski definition) is 6. The van der Waals surface area contributed by atoms with E-state index in [0.717, 1.165) is 29.8 Å². The van der Waals surface area contributed by atoms with Gasteiger partial charge < -0.3 is 14.7 Å². The lowest BCUT2D eigenvalue weighted by Crippen LogP contribution is -2.40. The SMILES string of the molecule is CCCCC1CN(c2ccccc2)c2cc(SC)c(O[C@H]3C[C@H](C(=O)O)C3)cc2S(=O)(=O)N1C. The van der Waals surface area contributed by atoms with Crippen molar-refractivity contribution in [1.29, 1.82) is 0 Å². The molecular formula is C25H32N2O5S2. The molecule has 1 N–H and O–H groups in total. The molecule has 0 aromatic heterocycles. The van der Waals surface area contributed by atoms with Crippen molar-refractivity contribution in [3.8, 4) is 5.75 Å². The first-order chi connectivity index (χ1) is 16.3. The van der Waals surface area contributed by atoms with Crippen LogP contribution in [0.25, 0.3) is 0 Å². The molecule has 0 saturated heterocycles. The number of carboxylic acid groups (broad SMARTS) is 1. The topological polar surface area (TPSA) is 87.1 Å². The summed E-state index contributed by atoms with van der Waals surface area (Å²) < 4.78 is 35.2. The monoisotopic (exact) mass is 504 g/mol. The van der Waals surface area contributed by atoms with Crippen molar-refractivity contribution in [2.24, 2.45) is 5.92 Å². The van der Waals surface area contributed by atoms with E-state index in [1.165, 1.54) is 16.1 Å². The Hall–Kier alpha value is -2.23. The number of sulfonamides is 1. The van der Waals surface area contributed by atoms with E-state index in [4.69, 9.17) is 4.74 Å². The molecule has 1 atom stereocenters. The van der Waals surface area contributed by atoms with Crippen LogP contribution in [0.5, 0.6) is 5.75 Å². The Morgan fingerprint density at radius 2 is 1.91 bits per heavy atom. The van der Waals surface area contributed by atoms with Crippen molar-refractivity contribution in [2.75, 3.05) is 24.7 Å². The summed E-state index contributed by atoms with van der Waals surface area (Å²) in [5.74, 6) is -0.712. The molecule has 0 amide bonds. The van der Waals surface area contributed by atoms with Crippen LogP contribution in [0.3, 0.4) is 0 Å². The molecule has 1 heterocycles. The third kappa shape index (κ3) is 4.78. The third-order valence-electron chi connectivity index (χ3n) is 6.80. The minimum atomic E-state index is -3.77. The highest BCUT2D eigenvalue weighted by atomic mass is 32.2. The van der Waals surface area contributed by atoms with E-state index in [1.54, 1.807) is 13.1 Å². The number of unbranched alkanes of at least 4 members (excludes halogenated alkanes) is 1. The molecule has 1 fully saturated rings. The molecule has 9 heteroatoms. The number of para-hydroxylation sites is 1. The van der Waals surface area contributed by atoms with Crippen molar-refractivity contribution < 1.29 is 23.1 Å². The first kappa shape index (κ1) is 24.9. The van der Waals surface area contributed by atoms with E-state index in [1.807, 2.05) is 42.7 Å². The van der Waals surface area contributed by atoms with Crippen LogP contribution in [0, 0.1) is 5.92 Å². The van der Waals surface area contributed by atoms with Crippen LogP contribution in [-0.4, -0.2) is 55.8 Å². The van der Waals surface area contributed by atoms with Crippen LogP contribution in [0.1, 0.15) is 39.0 Å². The fraction of sp³-hybridized carbons (Fsp3) is 0.480. The molecule has 1 aliphatic carbocycles. The molecule has 1 unspecified atom stereocenters. The summed E-state index contributed by atoms with van der Waals surface area (Å²) >= 11 is 1.50. The van der Waals surface area contributed by atoms with Gasteiger partial charge >= 0.3 is 5.97 Å². The smallest absolute Gasteiger partial charge is 0.306 e. The molecule has 34 heavy (non-hydrogen) atoms. The molecular weight excluding hydrogens is 472 g/mol. The summed E-state index contributed by atoms with van der Waals surface area (Å²) in [7, 11) is -2.10. The van der Waals surface area contributed by atoms with Crippen molar-refractivity contribution >= 4 is 39.1 Å². The molecule has 0 spiro atoms. The molecule has 2 aliphatic rings. The zero-order valence-electron chi connectivity index (χ0n) is 19.8. The van der Waals surface area contributed by atoms with Crippen molar-refractivity contribution in [2.45, 2.75) is 61.0 Å². The van der Waals surface area contributed by atoms with Crippen LogP contribution in [0.4, 0.5) is 11.4 Å². The number of carboxylic acids is 1. The number of benzene rings is 2. The minimum absolute atomic E-state index is 0.164. The van der Waals surface area contributed by atoms with Crippen LogP contribution in [0.15, 0.2) is 52.3 Å². The van der Waals surface area contributed by atoms with Gasteiger partial charge in [-0.1, -0.05) is 38.0 Å². The van der Waals surface area contributed by atoms with Gasteiger partial charge in [-0.2, -0.15) is 4.31 Å². The minimum Gasteiger partial charge on any atom is -0.489 e. The van der Waals surface area contributed by atoms with Crippen molar-refractivity contribution in [1.82, 2.24) is 4.31 Å². The van der Waals surface area contributed by atoms with Crippen molar-refractivity contribution in [3.05, 3.63) is 42.5 Å². The highest BCUT2D eigenvalue weighted by Gasteiger charge is 2.39. The van der Waals surface area contributed by atoms with E-state index >= 15 is 0 Å². The number of hydrogen-bond donors (Lipinski definition) is 1. The molecule has 0 radical (unpaired) electrons. The summed E-state index contributed by atoms with van der Waals surface area (Å²) in [4.78, 5) is 14.3. The number of carbonyl (C=O) groups is 1. The summed E-state index contributed by atoms with van der Waals surface area (Å²) in [6.45, 7) is 2.67. The first-order valence-electron chi connectivity index (χ1n) is 11.7. The maximum absolute atomic E-state index is 13.8. The molecule has 184 valence electrons. The molecule has 1 aliphatic heterocycles. The molecule has 2 aromatic carbocycles. The number of fused-ring (bicyclic) bond motifs is 1. The van der Waals surface area contributed by atoms with E-state index in [0.29, 0.717) is 30.8 Å². The van der Waals surface area contributed by atoms with Gasteiger partial charge in [0.15, 0.2) is 0 Å². The summed E-state index contributed by atoms with van der Waals surface area (Å²) in [6.07, 6.45) is 5.30. The van der Waals surface area contributed by atoms with Gasteiger partial charge in [-0.15, -0.1) is 11.8 Å². The van der Waals surface area contributed by atoms with Gasteiger partial charge in [0.2, 0.25) is 10.0 Å². The largest absolute Gasteiger partial charge is 0.489 e. The maximum atomic E-state index is 13.8. The number of ether oxygens (including phenoxy) is 1. The fourth-order valence-corrected chi connectivity index (χ4v) is 6.69. The Bertz CT molecular complexity index is 1130. The van der Waals surface area contributed by atoms with E-state index < -0.39 is 21.9 Å². The second kappa shape index (κ2) is 10.2. The van der Waals surface area contributed by atoms with Gasteiger partial charge in [0.1, 0.15) is 16.7 Å². The lowest BCUT2D eigenvalue weighted by molar-refractivity contribution is -0.148. The standard InChI is InChI=1S/C25H32N2O5S2/c1-4-5-9-19-16-27(18-10-7-6-8-11-18)21-14-23(33-3)22(15-24(21)34(30,31)26(19)2)32-20-12-17(13-20)25(28)29/h6-8,10-11,14-15,17,19-20H,4-5,9,12-13,16H2,1-3H3,(H,28,29)/t17-,19?,20-. The number of thioether (sulfide) groups is 1. The Labute approximate surface area is 206 Å². The summed E-state index contributed by atoms with van der Waals surface area (Å²) in [5.41, 5.74) is 1.59. The van der Waals surface area contributed by atoms with Crippen LogP contribution < -0.4 is 9.64 Å². The quantitative estimate of drug-likeness (QED) is 0.507.